The molecule has 0 unspecified atom stereocenters. The molecule has 40 heavy (non-hydrogen) atoms. The molecule has 0 bridgehead atoms. The lowest BCUT2D eigenvalue weighted by Crippen LogP contribution is -2.60. The summed E-state index contributed by atoms with van der Waals surface area (Å²) < 4.78 is 10.7. The zero-order chi connectivity index (χ0) is 30.5. The summed E-state index contributed by atoms with van der Waals surface area (Å²) in [6.45, 7) is 18.5. The summed E-state index contributed by atoms with van der Waals surface area (Å²) in [4.78, 5) is 52.0. The van der Waals surface area contributed by atoms with Crippen molar-refractivity contribution in [3.05, 3.63) is 17.6 Å². The van der Waals surface area contributed by atoms with Crippen LogP contribution < -0.4 is 5.32 Å². The van der Waals surface area contributed by atoms with Gasteiger partial charge in [0.15, 0.2) is 0 Å². The predicted molar refractivity (Wildman–Crippen MR) is 154 cm³/mol. The van der Waals surface area contributed by atoms with Crippen LogP contribution in [-0.2, 0) is 19.7 Å². The molecule has 1 fully saturated rings. The van der Waals surface area contributed by atoms with Gasteiger partial charge in [0.2, 0.25) is 0 Å². The van der Waals surface area contributed by atoms with E-state index >= 15 is 0 Å². The Morgan fingerprint density at radius 1 is 1.23 bits per heavy atom. The Morgan fingerprint density at radius 3 is 2.40 bits per heavy atom. The van der Waals surface area contributed by atoms with Crippen LogP contribution in [0.3, 0.4) is 0 Å². The van der Waals surface area contributed by atoms with Crippen LogP contribution in [0.1, 0.15) is 91.3 Å². The first-order chi connectivity index (χ1) is 18.4. The Kier molecular flexibility index (Phi) is 10.9. The third-order valence-corrected chi connectivity index (χ3v) is 6.60. The van der Waals surface area contributed by atoms with Crippen molar-refractivity contribution in [1.29, 1.82) is 0 Å². The maximum atomic E-state index is 14.2. The summed E-state index contributed by atoms with van der Waals surface area (Å²) >= 11 is 0. The average molecular weight is 564 g/mol. The molecule has 0 aliphatic carbocycles. The van der Waals surface area contributed by atoms with E-state index in [1.54, 1.807) is 45.9 Å². The number of rotatable bonds is 10. The molecule has 2 atom stereocenters. The molecule has 226 valence electrons. The van der Waals surface area contributed by atoms with Gasteiger partial charge in [-0.15, -0.1) is 0 Å². The molecule has 2 N–H and O–H groups in total. The molecular weight excluding hydrogens is 514 g/mol. The van der Waals surface area contributed by atoms with Crippen molar-refractivity contribution < 1.29 is 29.0 Å². The first-order valence-electron chi connectivity index (χ1n) is 14.0. The fourth-order valence-corrected chi connectivity index (χ4v) is 4.62. The highest BCUT2D eigenvalue weighted by atomic mass is 16.6. The van der Waals surface area contributed by atoms with E-state index in [1.807, 2.05) is 34.6 Å². The van der Waals surface area contributed by atoms with E-state index in [0.717, 1.165) is 6.42 Å². The van der Waals surface area contributed by atoms with Gasteiger partial charge in [0.25, 0.3) is 5.91 Å². The van der Waals surface area contributed by atoms with Crippen LogP contribution in [0, 0.1) is 11.3 Å². The second-order valence-corrected chi connectivity index (χ2v) is 13.4. The predicted octanol–water partition coefficient (Wildman–Crippen LogP) is 4.42. The molecule has 1 aliphatic rings. The van der Waals surface area contributed by atoms with Crippen molar-refractivity contribution in [1.82, 2.24) is 19.8 Å². The first-order valence-corrected chi connectivity index (χ1v) is 14.0. The second kappa shape index (κ2) is 13.1. The van der Waals surface area contributed by atoms with E-state index in [-0.39, 0.29) is 36.8 Å². The minimum atomic E-state index is -1.26. The number of ether oxygens (including phenoxy) is 2. The van der Waals surface area contributed by atoms with E-state index in [4.69, 9.17) is 14.5 Å². The minimum Gasteiger partial charge on any atom is -0.481 e. The zero-order valence-corrected chi connectivity index (χ0v) is 26.0. The van der Waals surface area contributed by atoms with Crippen LogP contribution in [0.4, 0.5) is 10.6 Å². The molecule has 2 heterocycles. The maximum Gasteiger partial charge on any atom is 0.410 e. The lowest BCUT2D eigenvalue weighted by molar-refractivity contribution is -0.152. The molecule has 0 radical (unpaired) electrons. The number of carboxylic acids is 1. The summed E-state index contributed by atoms with van der Waals surface area (Å²) in [5, 5.41) is 13.4. The summed E-state index contributed by atoms with van der Waals surface area (Å²) in [5.41, 5.74) is -2.03. The van der Waals surface area contributed by atoms with Gasteiger partial charge in [0.05, 0.1) is 11.5 Å². The SMILES string of the molecule is COCCCNc1nc(C(C)(C)C)ncc1C(=O)N(CC(C)C)[C@@H]1CN(C(=O)OC(C)(C)C)C[C@](C)(C(=O)O)C1. The number of carboxylic acid groups (broad SMARTS) is 1. The first kappa shape index (κ1) is 33.3. The summed E-state index contributed by atoms with van der Waals surface area (Å²) in [6, 6.07) is -0.555. The van der Waals surface area contributed by atoms with Gasteiger partial charge in [0.1, 0.15) is 22.8 Å². The van der Waals surface area contributed by atoms with Gasteiger partial charge in [-0.05, 0) is 46.5 Å². The van der Waals surface area contributed by atoms with Crippen LogP contribution in [0.2, 0.25) is 0 Å². The molecule has 0 saturated carbocycles. The van der Waals surface area contributed by atoms with Crippen LogP contribution in [0.5, 0.6) is 0 Å². The quantitative estimate of drug-likeness (QED) is 0.397. The number of amides is 2. The monoisotopic (exact) mass is 563 g/mol. The highest BCUT2D eigenvalue weighted by molar-refractivity contribution is 5.98. The number of aromatic nitrogens is 2. The highest BCUT2D eigenvalue weighted by Gasteiger charge is 2.47. The molecule has 1 aromatic heterocycles. The fourth-order valence-electron chi connectivity index (χ4n) is 4.62. The lowest BCUT2D eigenvalue weighted by atomic mass is 9.79. The van der Waals surface area contributed by atoms with Crippen molar-refractivity contribution >= 4 is 23.8 Å². The van der Waals surface area contributed by atoms with E-state index < -0.39 is 29.1 Å². The van der Waals surface area contributed by atoms with Crippen LogP contribution in [0.25, 0.3) is 0 Å². The standard InChI is InChI=1S/C29H49N5O6/c1-19(2)16-34(20-14-29(9,25(36)37)18-33(17-20)26(38)40-28(6,7)8)23(35)21-15-31-24(27(3,4)5)32-22(21)30-12-11-13-39-10/h15,19-20H,11-14,16-18H2,1-10H3,(H,36,37)(H,30,31,32)/t20-,29+/m0/s1. The normalized spacial score (nSPS) is 19.9. The summed E-state index contributed by atoms with van der Waals surface area (Å²) in [5.74, 6) is -0.227. The third-order valence-electron chi connectivity index (χ3n) is 6.60. The number of nitrogens with one attached hydrogen (secondary N) is 1. The lowest BCUT2D eigenvalue weighted by Gasteiger charge is -2.46. The molecule has 1 aromatic rings. The number of anilines is 1. The number of carbonyl (C=O) groups excluding carboxylic acids is 2. The van der Waals surface area contributed by atoms with Crippen molar-refractivity contribution in [2.45, 2.75) is 92.2 Å². The largest absolute Gasteiger partial charge is 0.481 e. The topological polar surface area (TPSA) is 134 Å². The van der Waals surface area contributed by atoms with E-state index in [0.29, 0.717) is 36.9 Å². The second-order valence-electron chi connectivity index (χ2n) is 13.4. The van der Waals surface area contributed by atoms with Crippen LogP contribution >= 0.6 is 0 Å². The van der Waals surface area contributed by atoms with Gasteiger partial charge in [-0.25, -0.2) is 14.8 Å². The molecule has 0 spiro atoms. The van der Waals surface area contributed by atoms with Gasteiger partial charge < -0.3 is 29.7 Å². The fraction of sp³-hybridized carbons (Fsp3) is 0.759. The summed E-state index contributed by atoms with van der Waals surface area (Å²) in [6.07, 6.45) is 1.86. The third kappa shape index (κ3) is 9.04. The molecular formula is C29H49N5O6. The van der Waals surface area contributed by atoms with Gasteiger partial charge in [-0.2, -0.15) is 0 Å². The van der Waals surface area contributed by atoms with Gasteiger partial charge in [0, 0.05) is 51.5 Å². The number of methoxy groups -OCH3 is 1. The van der Waals surface area contributed by atoms with E-state index in [2.05, 4.69) is 10.3 Å². The van der Waals surface area contributed by atoms with Crippen LogP contribution in [-0.4, -0.2) is 94.4 Å². The molecule has 2 amide bonds. The molecule has 1 saturated heterocycles. The Bertz CT molecular complexity index is 1050. The van der Waals surface area contributed by atoms with E-state index in [9.17, 15) is 19.5 Å². The van der Waals surface area contributed by atoms with E-state index in [1.165, 1.54) is 4.90 Å². The van der Waals surface area contributed by atoms with Crippen molar-refractivity contribution in [2.24, 2.45) is 11.3 Å². The number of nitrogens with zero attached hydrogens (tertiary/aromatic N) is 4. The molecule has 11 heteroatoms. The van der Waals surface area contributed by atoms with Gasteiger partial charge in [-0.3, -0.25) is 9.59 Å². The van der Waals surface area contributed by atoms with Crippen LogP contribution in [0.15, 0.2) is 6.20 Å². The average Bonchev–Trinajstić information content (AvgIpc) is 2.82. The number of aliphatic carboxylic acids is 1. The van der Waals surface area contributed by atoms with Crippen molar-refractivity contribution in [3.8, 4) is 0 Å². The maximum absolute atomic E-state index is 14.2. The number of piperidine rings is 1. The summed E-state index contributed by atoms with van der Waals surface area (Å²) in [7, 11) is 1.64. The van der Waals surface area contributed by atoms with Gasteiger partial charge >= 0.3 is 12.1 Å². The number of likely N-dealkylation sites (tertiary alicyclic amines) is 1. The molecule has 2 rings (SSSR count). The Hall–Kier alpha value is -2.95. The van der Waals surface area contributed by atoms with Crippen molar-refractivity contribution in [3.63, 3.8) is 0 Å². The Morgan fingerprint density at radius 2 is 1.88 bits per heavy atom. The minimum absolute atomic E-state index is 0.00679. The zero-order valence-electron chi connectivity index (χ0n) is 26.0. The highest BCUT2D eigenvalue weighted by Crippen LogP contribution is 2.34. The van der Waals surface area contributed by atoms with Crippen molar-refractivity contribution in [2.75, 3.05) is 45.2 Å². The molecule has 0 aromatic carbocycles. The number of hydrogen-bond acceptors (Lipinski definition) is 8. The molecule has 1 aliphatic heterocycles. The smallest absolute Gasteiger partial charge is 0.410 e. The number of hydrogen-bond donors (Lipinski definition) is 2. The molecule has 11 nitrogen and oxygen atoms in total. The van der Waals surface area contributed by atoms with Gasteiger partial charge in [-0.1, -0.05) is 34.6 Å². The number of carbonyl (C=O) groups is 3. The Balaban J connectivity index is 2.53. The Labute approximate surface area is 239 Å².